The minimum Gasteiger partial charge on any atom is -0.482 e. The van der Waals surface area contributed by atoms with Gasteiger partial charge in [0.25, 0.3) is 17.1 Å². The Morgan fingerprint density at radius 3 is 2.47 bits per heavy atom. The Morgan fingerprint density at radius 2 is 1.74 bits per heavy atom. The number of fused-ring (bicyclic) bond motifs is 1. The molecule has 0 spiro atoms. The van der Waals surface area contributed by atoms with Crippen LogP contribution in [0, 0.1) is 0 Å². The summed E-state index contributed by atoms with van der Waals surface area (Å²) in [5, 5.41) is 3.43. The first-order chi connectivity index (χ1) is 18.3. The van der Waals surface area contributed by atoms with Gasteiger partial charge in [0.2, 0.25) is 6.79 Å². The monoisotopic (exact) mass is 590 g/mol. The molecule has 3 aromatic rings. The molecule has 1 saturated heterocycles. The van der Waals surface area contributed by atoms with Gasteiger partial charge in [-0.2, -0.15) is 0 Å². The van der Waals surface area contributed by atoms with Crippen molar-refractivity contribution in [3.63, 3.8) is 0 Å². The molecule has 2 aliphatic rings. The predicted molar refractivity (Wildman–Crippen MR) is 146 cm³/mol. The Morgan fingerprint density at radius 1 is 1.00 bits per heavy atom. The second kappa shape index (κ2) is 11.2. The minimum atomic E-state index is -0.455. The van der Waals surface area contributed by atoms with E-state index in [1.807, 2.05) is 0 Å². The summed E-state index contributed by atoms with van der Waals surface area (Å²) in [7, 11) is 0. The Hall–Kier alpha value is -3.37. The van der Waals surface area contributed by atoms with E-state index >= 15 is 0 Å². The topological polar surface area (TPSA) is 94.2 Å². The number of nitrogens with zero attached hydrogens (tertiary/aromatic N) is 1. The maximum absolute atomic E-state index is 13.0. The van der Waals surface area contributed by atoms with Gasteiger partial charge in [-0.3, -0.25) is 19.3 Å². The molecule has 0 atom stereocenters. The summed E-state index contributed by atoms with van der Waals surface area (Å²) in [5.41, 5.74) is 1.72. The summed E-state index contributed by atoms with van der Waals surface area (Å²) < 4.78 is 16.2. The Labute approximate surface area is 236 Å². The zero-order valence-electron chi connectivity index (χ0n) is 19.3. The molecule has 2 heterocycles. The van der Waals surface area contributed by atoms with Crippen molar-refractivity contribution in [1.82, 2.24) is 4.90 Å². The number of amides is 3. The van der Waals surface area contributed by atoms with Crippen LogP contribution in [0.25, 0.3) is 6.08 Å². The highest BCUT2D eigenvalue weighted by molar-refractivity contribution is 8.18. The number of imide groups is 1. The Kier molecular flexibility index (Phi) is 7.71. The Balaban J connectivity index is 1.22. The molecule has 0 aliphatic carbocycles. The highest BCUT2D eigenvalue weighted by Gasteiger charge is 2.35. The normalized spacial score (nSPS) is 15.3. The quantitative estimate of drug-likeness (QED) is 0.308. The lowest BCUT2D eigenvalue weighted by molar-refractivity contribution is -0.123. The van der Waals surface area contributed by atoms with Crippen molar-refractivity contribution in [2.75, 3.05) is 18.7 Å². The first-order valence-corrected chi connectivity index (χ1v) is 13.0. The lowest BCUT2D eigenvalue weighted by atomic mass is 10.1. The molecule has 194 valence electrons. The van der Waals surface area contributed by atoms with E-state index in [1.54, 1.807) is 60.7 Å². The van der Waals surface area contributed by atoms with Crippen molar-refractivity contribution in [2.24, 2.45) is 0 Å². The molecule has 3 amide bonds. The SMILES string of the molecule is O=C(COc1ccc(/C=C2\SC(=O)N(Cc3cc4c(cc3Cl)OCO4)C2=O)cc1Cl)Nc1ccc(Cl)cc1. The maximum Gasteiger partial charge on any atom is 0.293 e. The number of anilines is 1. The number of hydrogen-bond acceptors (Lipinski definition) is 7. The summed E-state index contributed by atoms with van der Waals surface area (Å²) in [6, 6.07) is 14.8. The van der Waals surface area contributed by atoms with Crippen LogP contribution in [-0.4, -0.2) is 35.4 Å². The van der Waals surface area contributed by atoms with Crippen LogP contribution in [0.1, 0.15) is 11.1 Å². The first-order valence-electron chi connectivity index (χ1n) is 11.1. The van der Waals surface area contributed by atoms with Gasteiger partial charge >= 0.3 is 0 Å². The van der Waals surface area contributed by atoms with Crippen molar-refractivity contribution in [3.05, 3.63) is 85.7 Å². The lowest BCUT2D eigenvalue weighted by Gasteiger charge is -2.14. The summed E-state index contributed by atoms with van der Waals surface area (Å²) >= 11 is 19.3. The first kappa shape index (κ1) is 26.2. The second-order valence-electron chi connectivity index (χ2n) is 8.10. The van der Waals surface area contributed by atoms with E-state index in [4.69, 9.17) is 49.0 Å². The molecule has 0 unspecified atom stereocenters. The molecule has 8 nitrogen and oxygen atoms in total. The van der Waals surface area contributed by atoms with Gasteiger partial charge in [-0.1, -0.05) is 40.9 Å². The number of thioether (sulfide) groups is 1. The molecule has 2 aliphatic heterocycles. The summed E-state index contributed by atoms with van der Waals surface area (Å²) in [6.45, 7) is -0.186. The zero-order chi connectivity index (χ0) is 26.8. The molecule has 0 aromatic heterocycles. The van der Waals surface area contributed by atoms with Gasteiger partial charge in [-0.05, 0) is 71.4 Å². The van der Waals surface area contributed by atoms with E-state index in [-0.39, 0.29) is 35.8 Å². The number of benzene rings is 3. The molecule has 0 radical (unpaired) electrons. The van der Waals surface area contributed by atoms with Crippen LogP contribution < -0.4 is 19.5 Å². The second-order valence-corrected chi connectivity index (χ2v) is 10.3. The molecule has 0 saturated carbocycles. The van der Waals surface area contributed by atoms with E-state index in [2.05, 4.69) is 5.32 Å². The molecule has 38 heavy (non-hydrogen) atoms. The molecule has 5 rings (SSSR count). The fourth-order valence-corrected chi connectivity index (χ4v) is 5.06. The van der Waals surface area contributed by atoms with E-state index in [1.165, 1.54) is 0 Å². The van der Waals surface area contributed by atoms with E-state index in [0.717, 1.165) is 16.7 Å². The van der Waals surface area contributed by atoms with Gasteiger partial charge in [0, 0.05) is 21.8 Å². The smallest absolute Gasteiger partial charge is 0.293 e. The van der Waals surface area contributed by atoms with Crippen LogP contribution in [0.15, 0.2) is 59.5 Å². The predicted octanol–water partition coefficient (Wildman–Crippen LogP) is 6.63. The van der Waals surface area contributed by atoms with Crippen molar-refractivity contribution in [3.8, 4) is 17.2 Å². The standard InChI is InChI=1S/C26H17Cl3N2O6S/c27-16-2-4-17(5-3-16)30-24(32)12-35-20-6-1-14(7-19(20)29)8-23-25(33)31(26(34)38-23)11-15-9-21-22(10-18(15)28)37-13-36-21/h1-10H,11-13H2,(H,30,32)/b23-8-. The molecule has 1 fully saturated rings. The minimum absolute atomic E-state index is 0.0108. The number of rotatable bonds is 7. The molecule has 0 bridgehead atoms. The summed E-state index contributed by atoms with van der Waals surface area (Å²) in [5.74, 6) is 0.485. The van der Waals surface area contributed by atoms with Gasteiger partial charge < -0.3 is 19.5 Å². The summed E-state index contributed by atoms with van der Waals surface area (Å²) in [6.07, 6.45) is 1.56. The van der Waals surface area contributed by atoms with E-state index in [0.29, 0.717) is 44.1 Å². The summed E-state index contributed by atoms with van der Waals surface area (Å²) in [4.78, 5) is 39.1. The van der Waals surface area contributed by atoms with Crippen LogP contribution in [0.2, 0.25) is 15.1 Å². The third-order valence-corrected chi connectivity index (χ3v) is 7.29. The molecular weight excluding hydrogens is 575 g/mol. The molecule has 12 heteroatoms. The van der Waals surface area contributed by atoms with Crippen molar-refractivity contribution >= 4 is 75.4 Å². The van der Waals surface area contributed by atoms with Gasteiger partial charge in [-0.15, -0.1) is 0 Å². The third-order valence-electron chi connectivity index (χ3n) is 5.48. The number of carbonyl (C=O) groups excluding carboxylic acids is 3. The van der Waals surface area contributed by atoms with Crippen LogP contribution in [0.5, 0.6) is 17.2 Å². The average molecular weight is 592 g/mol. The van der Waals surface area contributed by atoms with Crippen LogP contribution in [-0.2, 0) is 16.1 Å². The average Bonchev–Trinajstić information content (AvgIpc) is 3.44. The van der Waals surface area contributed by atoms with Crippen molar-refractivity contribution < 1.29 is 28.6 Å². The van der Waals surface area contributed by atoms with Gasteiger partial charge in [-0.25, -0.2) is 0 Å². The van der Waals surface area contributed by atoms with E-state index in [9.17, 15) is 14.4 Å². The zero-order valence-corrected chi connectivity index (χ0v) is 22.4. The number of halogens is 3. The van der Waals surface area contributed by atoms with Crippen LogP contribution in [0.4, 0.5) is 10.5 Å². The number of carbonyl (C=O) groups is 3. The van der Waals surface area contributed by atoms with Crippen LogP contribution in [0.3, 0.4) is 0 Å². The highest BCUT2D eigenvalue weighted by Crippen LogP contribution is 2.39. The van der Waals surface area contributed by atoms with Crippen LogP contribution >= 0.6 is 46.6 Å². The van der Waals surface area contributed by atoms with Crippen molar-refractivity contribution in [1.29, 1.82) is 0 Å². The largest absolute Gasteiger partial charge is 0.482 e. The third kappa shape index (κ3) is 5.86. The maximum atomic E-state index is 13.0. The van der Waals surface area contributed by atoms with Gasteiger partial charge in [0.15, 0.2) is 18.1 Å². The number of nitrogens with one attached hydrogen (secondary N) is 1. The fourth-order valence-electron chi connectivity index (χ4n) is 3.64. The van der Waals surface area contributed by atoms with Gasteiger partial charge in [0.05, 0.1) is 16.5 Å². The van der Waals surface area contributed by atoms with Gasteiger partial charge in [0.1, 0.15) is 5.75 Å². The number of hydrogen-bond donors (Lipinski definition) is 1. The van der Waals surface area contributed by atoms with Crippen molar-refractivity contribution in [2.45, 2.75) is 6.54 Å². The van der Waals surface area contributed by atoms with E-state index < -0.39 is 11.1 Å². The fraction of sp³-hybridized carbons (Fsp3) is 0.115. The molecular formula is C26H17Cl3N2O6S. The number of ether oxygens (including phenoxy) is 3. The lowest BCUT2D eigenvalue weighted by Crippen LogP contribution is -2.27. The molecule has 3 aromatic carbocycles. The highest BCUT2D eigenvalue weighted by atomic mass is 35.5. The molecule has 1 N–H and O–H groups in total. The Bertz CT molecular complexity index is 1480.